The van der Waals surface area contributed by atoms with Crippen molar-refractivity contribution in [2.75, 3.05) is 18.0 Å². The fourth-order valence-corrected chi connectivity index (χ4v) is 3.85. The predicted molar refractivity (Wildman–Crippen MR) is 106 cm³/mol. The van der Waals surface area contributed by atoms with Crippen LogP contribution in [0, 0.1) is 6.92 Å². The minimum atomic E-state index is -0.601. The Morgan fingerprint density at radius 2 is 1.88 bits per heavy atom. The van der Waals surface area contributed by atoms with Gasteiger partial charge in [0.05, 0.1) is 39.6 Å². The number of aromatic nitrogens is 3. The van der Waals surface area contributed by atoms with Crippen LogP contribution in [0.2, 0.25) is 10.0 Å². The minimum Gasteiger partial charge on any atom is -0.355 e. The van der Waals surface area contributed by atoms with Gasteiger partial charge in [0.2, 0.25) is 0 Å². The number of fused-ring (bicyclic) bond motifs is 1. The Balaban J connectivity index is 1.85. The Labute approximate surface area is 161 Å². The molecule has 0 amide bonds. The van der Waals surface area contributed by atoms with Gasteiger partial charge in [-0.05, 0) is 25.8 Å². The van der Waals surface area contributed by atoms with E-state index in [1.165, 1.54) is 0 Å². The van der Waals surface area contributed by atoms with Crippen molar-refractivity contribution in [3.8, 4) is 11.3 Å². The molecular weight excluding hydrogens is 371 g/mol. The highest BCUT2D eigenvalue weighted by atomic mass is 35.5. The van der Waals surface area contributed by atoms with Gasteiger partial charge in [-0.2, -0.15) is 0 Å². The maximum absolute atomic E-state index is 6.46. The third-order valence-electron chi connectivity index (χ3n) is 4.93. The monoisotopic (exact) mass is 390 g/mol. The van der Waals surface area contributed by atoms with Crippen molar-refractivity contribution in [2.45, 2.75) is 25.4 Å². The number of piperidine rings is 1. The fraction of sp³-hybridized carbons (Fsp3) is 0.333. The number of benzene rings is 1. The lowest BCUT2D eigenvalue weighted by molar-refractivity contribution is 0.344. The Morgan fingerprint density at radius 3 is 2.62 bits per heavy atom. The van der Waals surface area contributed by atoms with E-state index >= 15 is 0 Å². The van der Waals surface area contributed by atoms with Crippen molar-refractivity contribution in [3.63, 3.8) is 0 Å². The van der Waals surface area contributed by atoms with Crippen LogP contribution in [0.1, 0.15) is 18.5 Å². The van der Waals surface area contributed by atoms with Crippen LogP contribution in [0.3, 0.4) is 0 Å². The summed E-state index contributed by atoms with van der Waals surface area (Å²) in [6.45, 7) is 3.49. The SMILES string of the molecule is Cc1nc(N2CCC(N)(N)CC2)c2cncn2c1-c1cccc(Cl)c1Cl. The van der Waals surface area contributed by atoms with Gasteiger partial charge in [0.25, 0.3) is 0 Å². The molecule has 0 atom stereocenters. The first kappa shape index (κ1) is 17.5. The average molecular weight is 391 g/mol. The highest BCUT2D eigenvalue weighted by Gasteiger charge is 2.29. The number of halogens is 2. The summed E-state index contributed by atoms with van der Waals surface area (Å²) < 4.78 is 2.02. The molecule has 1 aromatic carbocycles. The van der Waals surface area contributed by atoms with Crippen molar-refractivity contribution < 1.29 is 0 Å². The zero-order valence-electron chi connectivity index (χ0n) is 14.4. The Kier molecular flexibility index (Phi) is 4.31. The normalized spacial score (nSPS) is 17.0. The first-order valence-corrected chi connectivity index (χ1v) is 9.23. The lowest BCUT2D eigenvalue weighted by atomic mass is 9.99. The van der Waals surface area contributed by atoms with E-state index in [0.717, 1.165) is 54.2 Å². The van der Waals surface area contributed by atoms with E-state index < -0.39 is 5.66 Å². The van der Waals surface area contributed by atoms with E-state index in [1.54, 1.807) is 12.4 Å². The van der Waals surface area contributed by atoms with Gasteiger partial charge in [-0.25, -0.2) is 9.97 Å². The summed E-state index contributed by atoms with van der Waals surface area (Å²) >= 11 is 12.7. The second-order valence-corrected chi connectivity index (χ2v) is 7.63. The number of nitrogens with zero attached hydrogens (tertiary/aromatic N) is 4. The topological polar surface area (TPSA) is 85.5 Å². The molecule has 3 aromatic rings. The van der Waals surface area contributed by atoms with Crippen LogP contribution in [0.25, 0.3) is 16.8 Å². The molecule has 0 aliphatic carbocycles. The molecule has 6 nitrogen and oxygen atoms in total. The van der Waals surface area contributed by atoms with Crippen LogP contribution < -0.4 is 16.4 Å². The molecule has 1 saturated heterocycles. The second-order valence-electron chi connectivity index (χ2n) is 6.84. The summed E-state index contributed by atoms with van der Waals surface area (Å²) in [5.74, 6) is 0.886. The molecule has 1 aliphatic heterocycles. The molecule has 8 heteroatoms. The van der Waals surface area contributed by atoms with Crippen molar-refractivity contribution in [1.82, 2.24) is 14.4 Å². The summed E-state index contributed by atoms with van der Waals surface area (Å²) in [5, 5.41) is 1.02. The van der Waals surface area contributed by atoms with Crippen LogP contribution in [-0.4, -0.2) is 33.1 Å². The van der Waals surface area contributed by atoms with Gasteiger partial charge in [0.1, 0.15) is 5.52 Å². The maximum atomic E-state index is 6.46. The number of anilines is 1. The summed E-state index contributed by atoms with van der Waals surface area (Å²) in [4.78, 5) is 11.4. The maximum Gasteiger partial charge on any atom is 0.154 e. The fourth-order valence-electron chi connectivity index (χ4n) is 3.46. The molecule has 2 aromatic heterocycles. The molecule has 0 bridgehead atoms. The van der Waals surface area contributed by atoms with Crippen LogP contribution in [0.5, 0.6) is 0 Å². The molecule has 26 heavy (non-hydrogen) atoms. The van der Waals surface area contributed by atoms with Gasteiger partial charge in [-0.1, -0.05) is 35.3 Å². The van der Waals surface area contributed by atoms with Gasteiger partial charge in [-0.15, -0.1) is 0 Å². The smallest absolute Gasteiger partial charge is 0.154 e. The van der Waals surface area contributed by atoms with Crippen LogP contribution in [-0.2, 0) is 0 Å². The van der Waals surface area contributed by atoms with Gasteiger partial charge in [-0.3, -0.25) is 4.40 Å². The summed E-state index contributed by atoms with van der Waals surface area (Å²) in [7, 11) is 0. The molecule has 3 heterocycles. The zero-order chi connectivity index (χ0) is 18.5. The molecular formula is C18H20Cl2N6. The van der Waals surface area contributed by atoms with E-state index in [-0.39, 0.29) is 0 Å². The van der Waals surface area contributed by atoms with Crippen LogP contribution in [0.15, 0.2) is 30.7 Å². The molecule has 4 rings (SSSR count). The predicted octanol–water partition coefficient (Wildman–Crippen LogP) is 3.23. The first-order valence-electron chi connectivity index (χ1n) is 8.47. The number of hydrogen-bond acceptors (Lipinski definition) is 5. The van der Waals surface area contributed by atoms with Crippen molar-refractivity contribution in [2.24, 2.45) is 11.5 Å². The third kappa shape index (κ3) is 2.93. The Bertz CT molecular complexity index is 971. The molecule has 4 N–H and O–H groups in total. The van der Waals surface area contributed by atoms with Crippen molar-refractivity contribution in [3.05, 3.63) is 46.5 Å². The highest BCUT2D eigenvalue weighted by Crippen LogP contribution is 2.37. The average Bonchev–Trinajstić information content (AvgIpc) is 3.07. The van der Waals surface area contributed by atoms with E-state index in [9.17, 15) is 0 Å². The van der Waals surface area contributed by atoms with E-state index in [0.29, 0.717) is 10.0 Å². The number of rotatable bonds is 2. The zero-order valence-corrected chi connectivity index (χ0v) is 15.9. The summed E-state index contributed by atoms with van der Waals surface area (Å²) in [6, 6.07) is 5.59. The van der Waals surface area contributed by atoms with Crippen molar-refractivity contribution in [1.29, 1.82) is 0 Å². The van der Waals surface area contributed by atoms with E-state index in [2.05, 4.69) is 9.88 Å². The molecule has 136 valence electrons. The van der Waals surface area contributed by atoms with E-state index in [1.807, 2.05) is 29.7 Å². The van der Waals surface area contributed by atoms with Gasteiger partial charge in [0, 0.05) is 18.7 Å². The van der Waals surface area contributed by atoms with Crippen LogP contribution in [0.4, 0.5) is 5.82 Å². The Morgan fingerprint density at radius 1 is 1.15 bits per heavy atom. The quantitative estimate of drug-likeness (QED) is 0.656. The lowest BCUT2D eigenvalue weighted by Gasteiger charge is -2.37. The number of nitrogens with two attached hydrogens (primary N) is 2. The van der Waals surface area contributed by atoms with Gasteiger partial charge in [0.15, 0.2) is 5.82 Å². The number of hydrogen-bond donors (Lipinski definition) is 2. The molecule has 1 fully saturated rings. The molecule has 1 aliphatic rings. The third-order valence-corrected chi connectivity index (χ3v) is 5.74. The minimum absolute atomic E-state index is 0.510. The van der Waals surface area contributed by atoms with E-state index in [4.69, 9.17) is 39.7 Å². The van der Waals surface area contributed by atoms with Gasteiger partial charge >= 0.3 is 0 Å². The largest absolute Gasteiger partial charge is 0.355 e. The lowest BCUT2D eigenvalue weighted by Crippen LogP contribution is -2.57. The molecule has 0 radical (unpaired) electrons. The molecule has 0 saturated carbocycles. The first-order chi connectivity index (χ1) is 12.4. The van der Waals surface area contributed by atoms with Crippen LogP contribution >= 0.6 is 23.2 Å². The number of aryl methyl sites for hydroxylation is 1. The molecule has 0 spiro atoms. The summed E-state index contributed by atoms with van der Waals surface area (Å²) in [6.07, 6.45) is 5.03. The second kappa shape index (κ2) is 6.39. The molecule has 0 unspecified atom stereocenters. The standard InChI is InChI=1S/C18H20Cl2N6/c1-11-16(12-3-2-4-13(19)15(12)20)26-10-23-9-14(26)17(24-11)25-7-5-18(21,22)6-8-25/h2-4,9-10H,5-8,21-22H2,1H3. The summed E-state index contributed by atoms with van der Waals surface area (Å²) in [5.41, 5.74) is 15.0. The van der Waals surface area contributed by atoms with Gasteiger partial charge < -0.3 is 16.4 Å². The highest BCUT2D eigenvalue weighted by molar-refractivity contribution is 6.43. The van der Waals surface area contributed by atoms with Crippen molar-refractivity contribution >= 4 is 34.5 Å². The Hall–Kier alpha value is -1.86. The number of imidazole rings is 1.